The quantitative estimate of drug-likeness (QED) is 0.909. The summed E-state index contributed by atoms with van der Waals surface area (Å²) in [6.07, 6.45) is -2.77. The number of thiophene rings is 1. The van der Waals surface area contributed by atoms with Crippen LogP contribution in [0.3, 0.4) is 0 Å². The van der Waals surface area contributed by atoms with Gasteiger partial charge in [0.15, 0.2) is 0 Å². The first kappa shape index (κ1) is 12.4. The van der Waals surface area contributed by atoms with Crippen LogP contribution in [0.1, 0.15) is 34.1 Å². The highest BCUT2D eigenvalue weighted by Crippen LogP contribution is 2.43. The normalized spacial score (nSPS) is 16.9. The summed E-state index contributed by atoms with van der Waals surface area (Å²) >= 11 is 1.12. The molecule has 0 saturated heterocycles. The van der Waals surface area contributed by atoms with E-state index in [1.165, 1.54) is 6.07 Å². The Balaban J connectivity index is 2.28. The SMILES string of the molecule is O=C(O)CC(c1cc2c(s1)CCC2)C(F)(F)F. The Labute approximate surface area is 100 Å². The number of halogens is 3. The van der Waals surface area contributed by atoms with Crippen molar-refractivity contribution in [3.63, 3.8) is 0 Å². The van der Waals surface area contributed by atoms with Crippen molar-refractivity contribution in [2.75, 3.05) is 0 Å². The van der Waals surface area contributed by atoms with Gasteiger partial charge < -0.3 is 5.11 Å². The highest BCUT2D eigenvalue weighted by molar-refractivity contribution is 7.12. The van der Waals surface area contributed by atoms with E-state index in [2.05, 4.69) is 0 Å². The van der Waals surface area contributed by atoms with Gasteiger partial charge in [0, 0.05) is 9.75 Å². The second kappa shape index (κ2) is 4.33. The molecule has 0 aliphatic heterocycles. The largest absolute Gasteiger partial charge is 0.481 e. The van der Waals surface area contributed by atoms with Gasteiger partial charge in [-0.3, -0.25) is 4.79 Å². The zero-order chi connectivity index (χ0) is 12.6. The molecular weight excluding hydrogens is 253 g/mol. The van der Waals surface area contributed by atoms with E-state index in [0.717, 1.165) is 41.0 Å². The molecule has 6 heteroatoms. The van der Waals surface area contributed by atoms with E-state index in [1.807, 2.05) is 0 Å². The minimum atomic E-state index is -4.49. The van der Waals surface area contributed by atoms with Crippen LogP contribution in [-0.4, -0.2) is 17.3 Å². The number of rotatable bonds is 3. The molecule has 1 unspecified atom stereocenters. The number of carbonyl (C=O) groups is 1. The van der Waals surface area contributed by atoms with Crippen LogP contribution in [-0.2, 0) is 17.6 Å². The van der Waals surface area contributed by atoms with Crippen LogP contribution in [0.15, 0.2) is 6.07 Å². The number of hydrogen-bond donors (Lipinski definition) is 1. The zero-order valence-electron chi connectivity index (χ0n) is 8.88. The molecule has 2 rings (SSSR count). The van der Waals surface area contributed by atoms with Crippen molar-refractivity contribution in [3.05, 3.63) is 21.4 Å². The average Bonchev–Trinajstić information content (AvgIpc) is 2.70. The molecule has 1 atom stereocenters. The van der Waals surface area contributed by atoms with Crippen LogP contribution in [0.2, 0.25) is 0 Å². The first-order valence-electron chi connectivity index (χ1n) is 5.28. The molecule has 1 aromatic heterocycles. The lowest BCUT2D eigenvalue weighted by Gasteiger charge is -2.16. The predicted octanol–water partition coefficient (Wildman–Crippen LogP) is 3.36. The Morgan fingerprint density at radius 2 is 2.18 bits per heavy atom. The second-order valence-electron chi connectivity index (χ2n) is 4.14. The maximum atomic E-state index is 12.8. The first-order valence-corrected chi connectivity index (χ1v) is 6.09. The smallest absolute Gasteiger partial charge is 0.397 e. The molecule has 0 bridgehead atoms. The topological polar surface area (TPSA) is 37.3 Å². The number of hydrogen-bond acceptors (Lipinski definition) is 2. The summed E-state index contributed by atoms with van der Waals surface area (Å²) in [5.41, 5.74) is 0.963. The van der Waals surface area contributed by atoms with Gasteiger partial charge in [-0.05, 0) is 30.9 Å². The molecule has 0 aromatic carbocycles. The Kier molecular flexibility index (Phi) is 3.16. The fraction of sp³-hybridized carbons (Fsp3) is 0.545. The van der Waals surface area contributed by atoms with Gasteiger partial charge in [-0.1, -0.05) is 0 Å². The first-order chi connectivity index (χ1) is 7.88. The van der Waals surface area contributed by atoms with E-state index < -0.39 is 24.5 Å². The lowest BCUT2D eigenvalue weighted by molar-refractivity contribution is -0.162. The predicted molar refractivity (Wildman–Crippen MR) is 57.4 cm³/mol. The van der Waals surface area contributed by atoms with E-state index in [4.69, 9.17) is 5.11 Å². The van der Waals surface area contributed by atoms with E-state index >= 15 is 0 Å². The number of carboxylic acid groups (broad SMARTS) is 1. The Hall–Kier alpha value is -1.04. The summed E-state index contributed by atoms with van der Waals surface area (Å²) in [4.78, 5) is 11.6. The molecule has 1 N–H and O–H groups in total. The minimum absolute atomic E-state index is 0.143. The molecule has 1 heterocycles. The molecule has 0 radical (unpaired) electrons. The van der Waals surface area contributed by atoms with Gasteiger partial charge in [0.2, 0.25) is 0 Å². The molecular formula is C11H11F3O2S. The van der Waals surface area contributed by atoms with Crippen molar-refractivity contribution < 1.29 is 23.1 Å². The van der Waals surface area contributed by atoms with Crippen molar-refractivity contribution in [1.29, 1.82) is 0 Å². The van der Waals surface area contributed by atoms with Gasteiger partial charge in [-0.2, -0.15) is 13.2 Å². The number of carboxylic acids is 1. The lowest BCUT2D eigenvalue weighted by atomic mass is 10.0. The summed E-state index contributed by atoms with van der Waals surface area (Å²) in [6.45, 7) is 0. The molecule has 1 aromatic rings. The van der Waals surface area contributed by atoms with E-state index in [-0.39, 0.29) is 4.88 Å². The summed E-state index contributed by atoms with van der Waals surface area (Å²) in [5.74, 6) is -3.28. The molecule has 94 valence electrons. The van der Waals surface area contributed by atoms with Gasteiger partial charge in [0.1, 0.15) is 0 Å². The Morgan fingerprint density at radius 1 is 1.47 bits per heavy atom. The summed E-state index contributed by atoms with van der Waals surface area (Å²) in [7, 11) is 0. The van der Waals surface area contributed by atoms with Crippen molar-refractivity contribution in [3.8, 4) is 0 Å². The van der Waals surface area contributed by atoms with Gasteiger partial charge in [-0.15, -0.1) is 11.3 Å². The van der Waals surface area contributed by atoms with Gasteiger partial charge in [0.05, 0.1) is 12.3 Å². The van der Waals surface area contributed by atoms with Crippen LogP contribution < -0.4 is 0 Å². The standard InChI is InChI=1S/C11H11F3O2S/c12-11(13,14)7(5-10(15)16)9-4-6-2-1-3-8(6)17-9/h4,7H,1-3,5H2,(H,15,16). The van der Waals surface area contributed by atoms with Crippen molar-refractivity contribution in [2.24, 2.45) is 0 Å². The van der Waals surface area contributed by atoms with Crippen LogP contribution >= 0.6 is 11.3 Å². The molecule has 0 fully saturated rings. The van der Waals surface area contributed by atoms with Crippen molar-refractivity contribution in [2.45, 2.75) is 37.8 Å². The number of aliphatic carboxylic acids is 1. The molecule has 1 aliphatic carbocycles. The summed E-state index contributed by atoms with van der Waals surface area (Å²) in [6, 6.07) is 1.54. The molecule has 0 amide bonds. The van der Waals surface area contributed by atoms with Gasteiger partial charge in [-0.25, -0.2) is 0 Å². The third kappa shape index (κ3) is 2.62. The van der Waals surface area contributed by atoms with Crippen LogP contribution in [0.25, 0.3) is 0 Å². The molecule has 2 nitrogen and oxygen atoms in total. The fourth-order valence-electron chi connectivity index (χ4n) is 2.08. The van der Waals surface area contributed by atoms with Gasteiger partial charge in [0.25, 0.3) is 0 Å². The lowest BCUT2D eigenvalue weighted by Crippen LogP contribution is -2.22. The Morgan fingerprint density at radius 3 is 2.71 bits per heavy atom. The van der Waals surface area contributed by atoms with Crippen molar-refractivity contribution in [1.82, 2.24) is 0 Å². The van der Waals surface area contributed by atoms with E-state index in [9.17, 15) is 18.0 Å². The maximum absolute atomic E-state index is 12.8. The number of alkyl halides is 3. The molecule has 1 aliphatic rings. The van der Waals surface area contributed by atoms with Crippen molar-refractivity contribution >= 4 is 17.3 Å². The maximum Gasteiger partial charge on any atom is 0.397 e. The monoisotopic (exact) mass is 264 g/mol. The zero-order valence-corrected chi connectivity index (χ0v) is 9.70. The number of aryl methyl sites for hydroxylation is 2. The van der Waals surface area contributed by atoms with E-state index in [1.54, 1.807) is 0 Å². The third-order valence-corrected chi connectivity index (χ3v) is 4.23. The summed E-state index contributed by atoms with van der Waals surface area (Å²) in [5, 5.41) is 8.56. The fourth-order valence-corrected chi connectivity index (χ4v) is 3.46. The van der Waals surface area contributed by atoms with Gasteiger partial charge >= 0.3 is 12.1 Å². The van der Waals surface area contributed by atoms with Crippen LogP contribution in [0.5, 0.6) is 0 Å². The number of fused-ring (bicyclic) bond motifs is 1. The highest BCUT2D eigenvalue weighted by Gasteiger charge is 2.43. The van der Waals surface area contributed by atoms with Crippen LogP contribution in [0.4, 0.5) is 13.2 Å². The second-order valence-corrected chi connectivity index (χ2v) is 5.31. The molecule has 0 saturated carbocycles. The summed E-state index contributed by atoms with van der Waals surface area (Å²) < 4.78 is 38.3. The Bertz CT molecular complexity index is 415. The third-order valence-electron chi connectivity index (χ3n) is 2.88. The highest BCUT2D eigenvalue weighted by atomic mass is 32.1. The minimum Gasteiger partial charge on any atom is -0.481 e. The molecule has 0 spiro atoms. The molecule has 17 heavy (non-hydrogen) atoms. The average molecular weight is 264 g/mol. The van der Waals surface area contributed by atoms with Crippen LogP contribution in [0, 0.1) is 0 Å². The van der Waals surface area contributed by atoms with E-state index in [0.29, 0.717) is 0 Å².